The van der Waals surface area contributed by atoms with Crippen LogP contribution in [0, 0.1) is 13.8 Å². The van der Waals surface area contributed by atoms with Crippen molar-refractivity contribution in [3.05, 3.63) is 46.4 Å². The number of nitrogens with one attached hydrogen (secondary N) is 1. The first-order valence-corrected chi connectivity index (χ1v) is 5.78. The Morgan fingerprint density at radius 1 is 1.33 bits per heavy atom. The van der Waals surface area contributed by atoms with E-state index in [1.807, 2.05) is 0 Å². The van der Waals surface area contributed by atoms with Gasteiger partial charge in [-0.3, -0.25) is 4.79 Å². The second-order valence-electron chi connectivity index (χ2n) is 4.02. The van der Waals surface area contributed by atoms with Crippen molar-refractivity contribution >= 4 is 28.9 Å². The fourth-order valence-electron chi connectivity index (χ4n) is 1.68. The van der Waals surface area contributed by atoms with Gasteiger partial charge < -0.3 is 15.5 Å². The van der Waals surface area contributed by atoms with Crippen LogP contribution in [0.2, 0.25) is 5.02 Å². The van der Waals surface area contributed by atoms with Gasteiger partial charge in [0.05, 0.1) is 16.3 Å². The fourth-order valence-corrected chi connectivity index (χ4v) is 1.85. The molecule has 3 N–H and O–H groups in total. The lowest BCUT2D eigenvalue weighted by Crippen LogP contribution is -2.12. The van der Waals surface area contributed by atoms with Crippen LogP contribution in [0.1, 0.15) is 21.9 Å². The summed E-state index contributed by atoms with van der Waals surface area (Å²) in [6.45, 7) is 3.53. The molecule has 1 amide bonds. The number of amides is 1. The van der Waals surface area contributed by atoms with E-state index in [1.54, 1.807) is 38.1 Å². The number of carbonyl (C=O) groups is 1. The summed E-state index contributed by atoms with van der Waals surface area (Å²) in [7, 11) is 0. The van der Waals surface area contributed by atoms with E-state index in [4.69, 9.17) is 21.8 Å². The Hall–Kier alpha value is -1.94. The van der Waals surface area contributed by atoms with Gasteiger partial charge in [0, 0.05) is 5.69 Å². The van der Waals surface area contributed by atoms with Crippen LogP contribution < -0.4 is 11.1 Å². The molecule has 0 aliphatic carbocycles. The Balaban J connectivity index is 2.26. The summed E-state index contributed by atoms with van der Waals surface area (Å²) < 4.78 is 5.31. The number of aryl methyl sites for hydroxylation is 2. The number of nitrogen functional groups attached to an aromatic ring is 1. The molecule has 1 aromatic carbocycles. The highest BCUT2D eigenvalue weighted by molar-refractivity contribution is 6.34. The molecule has 0 atom stereocenters. The van der Waals surface area contributed by atoms with Crippen molar-refractivity contribution < 1.29 is 9.21 Å². The van der Waals surface area contributed by atoms with Gasteiger partial charge in [0.25, 0.3) is 5.91 Å². The number of furan rings is 1. The maximum atomic E-state index is 12.0. The van der Waals surface area contributed by atoms with Crippen LogP contribution >= 0.6 is 11.6 Å². The Labute approximate surface area is 110 Å². The molecular formula is C13H13ClN2O2. The largest absolute Gasteiger partial charge is 0.466 e. The Bertz CT molecular complexity index is 605. The van der Waals surface area contributed by atoms with Crippen molar-refractivity contribution in [1.82, 2.24) is 0 Å². The molecule has 0 bridgehead atoms. The quantitative estimate of drug-likeness (QED) is 0.817. The second-order valence-corrected chi connectivity index (χ2v) is 4.43. The molecule has 4 nitrogen and oxygen atoms in total. The molecule has 0 unspecified atom stereocenters. The van der Waals surface area contributed by atoms with Crippen LogP contribution in [0.15, 0.2) is 28.7 Å². The summed E-state index contributed by atoms with van der Waals surface area (Å²) in [5, 5.41) is 3.15. The molecule has 1 aromatic heterocycles. The normalized spacial score (nSPS) is 10.4. The molecule has 0 radical (unpaired) electrons. The van der Waals surface area contributed by atoms with Gasteiger partial charge in [-0.1, -0.05) is 11.6 Å². The third-order valence-electron chi connectivity index (χ3n) is 2.52. The van der Waals surface area contributed by atoms with Crippen molar-refractivity contribution in [2.24, 2.45) is 0 Å². The number of carbonyl (C=O) groups excluding carboxylic acids is 1. The summed E-state index contributed by atoms with van der Waals surface area (Å²) in [6.07, 6.45) is 0. The van der Waals surface area contributed by atoms with Gasteiger partial charge in [0.2, 0.25) is 0 Å². The van der Waals surface area contributed by atoms with Gasteiger partial charge >= 0.3 is 0 Å². The maximum Gasteiger partial charge on any atom is 0.259 e. The number of nitrogens with two attached hydrogens (primary N) is 1. The van der Waals surface area contributed by atoms with Gasteiger partial charge in [0.15, 0.2) is 0 Å². The zero-order valence-electron chi connectivity index (χ0n) is 10.1. The Morgan fingerprint density at radius 2 is 2.06 bits per heavy atom. The molecule has 0 fully saturated rings. The van der Waals surface area contributed by atoms with Gasteiger partial charge in [-0.2, -0.15) is 0 Å². The smallest absolute Gasteiger partial charge is 0.259 e. The third kappa shape index (κ3) is 2.49. The second kappa shape index (κ2) is 4.74. The first-order chi connectivity index (χ1) is 8.47. The fraction of sp³-hybridized carbons (Fsp3) is 0.154. The lowest BCUT2D eigenvalue weighted by Gasteiger charge is -2.07. The van der Waals surface area contributed by atoms with E-state index in [0.29, 0.717) is 33.5 Å². The zero-order chi connectivity index (χ0) is 13.3. The molecule has 94 valence electrons. The van der Waals surface area contributed by atoms with Crippen LogP contribution in [0.25, 0.3) is 0 Å². The van der Waals surface area contributed by atoms with Crippen molar-refractivity contribution in [2.45, 2.75) is 13.8 Å². The Morgan fingerprint density at radius 3 is 2.67 bits per heavy atom. The van der Waals surface area contributed by atoms with Crippen LogP contribution in [0.4, 0.5) is 11.4 Å². The van der Waals surface area contributed by atoms with Gasteiger partial charge in [0.1, 0.15) is 11.5 Å². The molecule has 18 heavy (non-hydrogen) atoms. The molecule has 0 saturated heterocycles. The standard InChI is InChI=1S/C13H13ClN2O2/c1-7-5-10(8(2)18-7)13(17)16-12-6-9(15)3-4-11(12)14/h3-6H,15H2,1-2H3,(H,16,17). The predicted molar refractivity (Wildman–Crippen MR) is 72.0 cm³/mol. The summed E-state index contributed by atoms with van der Waals surface area (Å²) in [4.78, 5) is 12.0. The average molecular weight is 265 g/mol. The van der Waals surface area contributed by atoms with Crippen LogP contribution in [-0.4, -0.2) is 5.91 Å². The number of rotatable bonds is 2. The molecule has 2 rings (SSSR count). The molecule has 5 heteroatoms. The van der Waals surface area contributed by atoms with Gasteiger partial charge in [-0.05, 0) is 38.1 Å². The summed E-state index contributed by atoms with van der Waals surface area (Å²) >= 11 is 5.98. The van der Waals surface area contributed by atoms with E-state index < -0.39 is 0 Å². The van der Waals surface area contributed by atoms with E-state index >= 15 is 0 Å². The van der Waals surface area contributed by atoms with Crippen molar-refractivity contribution in [1.29, 1.82) is 0 Å². The number of hydrogen-bond acceptors (Lipinski definition) is 3. The number of benzene rings is 1. The predicted octanol–water partition coefficient (Wildman–Crippen LogP) is 3.38. The minimum absolute atomic E-state index is 0.267. The van der Waals surface area contributed by atoms with Crippen molar-refractivity contribution in [3.8, 4) is 0 Å². The van der Waals surface area contributed by atoms with E-state index in [9.17, 15) is 4.79 Å². The molecule has 0 aliphatic heterocycles. The van der Waals surface area contributed by atoms with Gasteiger partial charge in [-0.15, -0.1) is 0 Å². The monoisotopic (exact) mass is 264 g/mol. The van der Waals surface area contributed by atoms with Crippen molar-refractivity contribution in [2.75, 3.05) is 11.1 Å². The molecular weight excluding hydrogens is 252 g/mol. The highest BCUT2D eigenvalue weighted by Crippen LogP contribution is 2.25. The topological polar surface area (TPSA) is 68.3 Å². The summed E-state index contributed by atoms with van der Waals surface area (Å²) in [5.74, 6) is 0.998. The first kappa shape index (κ1) is 12.5. The Kier molecular flexibility index (Phi) is 3.30. The zero-order valence-corrected chi connectivity index (χ0v) is 10.8. The summed E-state index contributed by atoms with van der Waals surface area (Å²) in [5.41, 5.74) is 7.16. The highest BCUT2D eigenvalue weighted by Gasteiger charge is 2.14. The third-order valence-corrected chi connectivity index (χ3v) is 2.85. The highest BCUT2D eigenvalue weighted by atomic mass is 35.5. The molecule has 0 saturated carbocycles. The average Bonchev–Trinajstić information content (AvgIpc) is 2.63. The first-order valence-electron chi connectivity index (χ1n) is 5.41. The number of hydrogen-bond donors (Lipinski definition) is 2. The van der Waals surface area contributed by atoms with Crippen LogP contribution in [-0.2, 0) is 0 Å². The van der Waals surface area contributed by atoms with E-state index in [2.05, 4.69) is 5.32 Å². The van der Waals surface area contributed by atoms with Crippen LogP contribution in [0.3, 0.4) is 0 Å². The SMILES string of the molecule is Cc1cc(C(=O)Nc2cc(N)ccc2Cl)c(C)o1. The lowest BCUT2D eigenvalue weighted by atomic mass is 10.2. The van der Waals surface area contributed by atoms with E-state index in [-0.39, 0.29) is 5.91 Å². The van der Waals surface area contributed by atoms with Crippen molar-refractivity contribution in [3.63, 3.8) is 0 Å². The molecule has 2 aromatic rings. The van der Waals surface area contributed by atoms with E-state index in [1.165, 1.54) is 0 Å². The van der Waals surface area contributed by atoms with E-state index in [0.717, 1.165) is 0 Å². The molecule has 1 heterocycles. The number of halogens is 1. The number of anilines is 2. The lowest BCUT2D eigenvalue weighted by molar-refractivity contribution is 0.102. The van der Waals surface area contributed by atoms with Crippen LogP contribution in [0.5, 0.6) is 0 Å². The summed E-state index contributed by atoms with van der Waals surface area (Å²) in [6, 6.07) is 6.61. The maximum absolute atomic E-state index is 12.0. The molecule has 0 spiro atoms. The van der Waals surface area contributed by atoms with Gasteiger partial charge in [-0.25, -0.2) is 0 Å². The molecule has 0 aliphatic rings. The minimum Gasteiger partial charge on any atom is -0.466 e. The minimum atomic E-state index is -0.267.